The second-order valence-corrected chi connectivity index (χ2v) is 9.56. The quantitative estimate of drug-likeness (QED) is 0.341. The average molecular weight is 380 g/mol. The Labute approximate surface area is 158 Å². The van der Waals surface area contributed by atoms with Crippen LogP contribution in [0.2, 0.25) is 0 Å². The molecule has 0 saturated carbocycles. The van der Waals surface area contributed by atoms with Gasteiger partial charge in [-0.05, 0) is 38.2 Å². The molecule has 5 aliphatic rings. The maximum absolute atomic E-state index is 12.1. The highest BCUT2D eigenvalue weighted by Gasteiger charge is 2.83. The minimum atomic E-state index is -0.897. The lowest BCUT2D eigenvalue weighted by molar-refractivity contribution is -0.405. The molecule has 5 rings (SSSR count). The second-order valence-electron chi connectivity index (χ2n) is 9.56. The summed E-state index contributed by atoms with van der Waals surface area (Å²) in [7, 11) is 0. The summed E-state index contributed by atoms with van der Waals surface area (Å²) in [5.41, 5.74) is -0.833. The molecule has 0 aromatic carbocycles. The third kappa shape index (κ3) is 1.79. The molecular weight excluding hydrogens is 352 g/mol. The SMILES string of the molecule is CC(C)[C@]12O[C@H]1O[C@]1(C)[C@@]3(C)CCC4=C(COC4=O)[C@@H]3CO[C@]1(C)C2OO. The van der Waals surface area contributed by atoms with E-state index in [9.17, 15) is 10.1 Å². The van der Waals surface area contributed by atoms with Gasteiger partial charge in [-0.2, -0.15) is 0 Å². The van der Waals surface area contributed by atoms with Crippen LogP contribution in [0, 0.1) is 17.3 Å². The molecule has 7 nitrogen and oxygen atoms in total. The molecule has 4 heterocycles. The molecule has 0 aromatic rings. The monoisotopic (exact) mass is 380 g/mol. The smallest absolute Gasteiger partial charge is 0.334 e. The van der Waals surface area contributed by atoms with Crippen LogP contribution in [0.3, 0.4) is 0 Å². The van der Waals surface area contributed by atoms with Gasteiger partial charge >= 0.3 is 5.97 Å². The van der Waals surface area contributed by atoms with Crippen molar-refractivity contribution >= 4 is 5.97 Å². The average Bonchev–Trinajstić information content (AvgIpc) is 3.21. The Hall–Kier alpha value is -0.990. The van der Waals surface area contributed by atoms with E-state index in [0.29, 0.717) is 19.6 Å². The van der Waals surface area contributed by atoms with Gasteiger partial charge in [0.15, 0.2) is 18.0 Å². The zero-order valence-corrected chi connectivity index (χ0v) is 16.5. The van der Waals surface area contributed by atoms with Crippen LogP contribution in [0.15, 0.2) is 11.1 Å². The third-order valence-corrected chi connectivity index (χ3v) is 8.55. The predicted molar refractivity (Wildman–Crippen MR) is 92.6 cm³/mol. The van der Waals surface area contributed by atoms with Crippen LogP contribution in [0.1, 0.15) is 47.5 Å². The summed E-state index contributed by atoms with van der Waals surface area (Å²) in [5.74, 6) is -0.0805. The number of rotatable bonds is 2. The first kappa shape index (κ1) is 18.1. The number of cyclic esters (lactones) is 1. The maximum atomic E-state index is 12.1. The van der Waals surface area contributed by atoms with Gasteiger partial charge in [0, 0.05) is 16.9 Å². The molecule has 150 valence electrons. The van der Waals surface area contributed by atoms with E-state index in [0.717, 1.165) is 17.6 Å². The fraction of sp³-hybridized carbons (Fsp3) is 0.850. The lowest BCUT2D eigenvalue weighted by Crippen LogP contribution is -2.78. The van der Waals surface area contributed by atoms with Crippen molar-refractivity contribution < 1.29 is 33.9 Å². The Morgan fingerprint density at radius 3 is 2.63 bits per heavy atom. The molecule has 1 N–H and O–H groups in total. The van der Waals surface area contributed by atoms with Gasteiger partial charge in [-0.25, -0.2) is 9.68 Å². The van der Waals surface area contributed by atoms with Crippen LogP contribution < -0.4 is 0 Å². The van der Waals surface area contributed by atoms with Crippen molar-refractivity contribution in [1.82, 2.24) is 0 Å². The van der Waals surface area contributed by atoms with Gasteiger partial charge < -0.3 is 18.9 Å². The van der Waals surface area contributed by atoms with Crippen LogP contribution >= 0.6 is 0 Å². The Balaban J connectivity index is 1.61. The highest BCUT2D eigenvalue weighted by Crippen LogP contribution is 2.68. The third-order valence-electron chi connectivity index (χ3n) is 8.55. The Morgan fingerprint density at radius 2 is 1.96 bits per heavy atom. The maximum Gasteiger partial charge on any atom is 0.334 e. The van der Waals surface area contributed by atoms with Crippen molar-refractivity contribution in [2.75, 3.05) is 13.2 Å². The summed E-state index contributed by atoms with van der Waals surface area (Å²) < 4.78 is 24.4. The lowest BCUT2D eigenvalue weighted by atomic mass is 9.50. The van der Waals surface area contributed by atoms with Crippen molar-refractivity contribution in [3.63, 3.8) is 0 Å². The van der Waals surface area contributed by atoms with Gasteiger partial charge in [0.25, 0.3) is 0 Å². The number of ether oxygens (including phenoxy) is 4. The highest BCUT2D eigenvalue weighted by atomic mass is 17.1. The standard InChI is InChI=1S/C20H28O7/c1-10(2)20-15(27-22)18(4)19(5,25-16(20)26-20)17(3)7-6-11-12(8-23-14(11)21)13(17)9-24-18/h10,13,15-16,22H,6-9H2,1-5H3/t13-,15?,16+,17-,18+,19+,20+/m0/s1. The van der Waals surface area contributed by atoms with Crippen LogP contribution in [0.5, 0.6) is 0 Å². The molecule has 7 heteroatoms. The number of fused-ring (bicyclic) bond motifs is 5. The van der Waals surface area contributed by atoms with Crippen LogP contribution in [-0.2, 0) is 28.6 Å². The number of epoxide rings is 1. The largest absolute Gasteiger partial charge is 0.458 e. The number of hydrogen-bond acceptors (Lipinski definition) is 7. The lowest BCUT2D eigenvalue weighted by Gasteiger charge is -2.66. The number of carbonyl (C=O) groups excluding carboxylic acids is 1. The summed E-state index contributed by atoms with van der Waals surface area (Å²) in [6.45, 7) is 11.0. The van der Waals surface area contributed by atoms with Gasteiger partial charge in [-0.3, -0.25) is 5.26 Å². The van der Waals surface area contributed by atoms with E-state index in [-0.39, 0.29) is 23.2 Å². The fourth-order valence-electron chi connectivity index (χ4n) is 6.35. The molecule has 0 aromatic heterocycles. The molecule has 0 amide bonds. The first-order valence-electron chi connectivity index (χ1n) is 9.84. The van der Waals surface area contributed by atoms with Crippen molar-refractivity contribution in [3.8, 4) is 0 Å². The molecule has 0 radical (unpaired) electrons. The second kappa shape index (κ2) is 5.13. The fourth-order valence-corrected chi connectivity index (χ4v) is 6.35. The summed E-state index contributed by atoms with van der Waals surface area (Å²) in [4.78, 5) is 17.1. The van der Waals surface area contributed by atoms with E-state index in [2.05, 4.69) is 6.92 Å². The van der Waals surface area contributed by atoms with Gasteiger partial charge in [-0.15, -0.1) is 0 Å². The van der Waals surface area contributed by atoms with E-state index < -0.39 is 29.2 Å². The summed E-state index contributed by atoms with van der Waals surface area (Å²) in [5, 5.41) is 9.90. The van der Waals surface area contributed by atoms with E-state index in [1.165, 1.54) is 0 Å². The highest BCUT2D eigenvalue weighted by molar-refractivity contribution is 5.92. The Kier molecular flexibility index (Phi) is 3.43. The zero-order chi connectivity index (χ0) is 19.4. The first-order chi connectivity index (χ1) is 12.7. The number of esters is 1. The Morgan fingerprint density at radius 1 is 1.22 bits per heavy atom. The van der Waals surface area contributed by atoms with E-state index in [4.69, 9.17) is 23.8 Å². The topological polar surface area (TPSA) is 86.8 Å². The Bertz CT molecular complexity index is 747. The summed E-state index contributed by atoms with van der Waals surface area (Å²) in [6.07, 6.45) is 0.342. The van der Waals surface area contributed by atoms with Crippen LogP contribution in [-0.4, -0.2) is 53.6 Å². The van der Waals surface area contributed by atoms with E-state index >= 15 is 0 Å². The molecule has 7 atom stereocenters. The van der Waals surface area contributed by atoms with Crippen molar-refractivity contribution in [1.29, 1.82) is 0 Å². The van der Waals surface area contributed by atoms with Crippen LogP contribution in [0.25, 0.3) is 0 Å². The zero-order valence-electron chi connectivity index (χ0n) is 16.5. The van der Waals surface area contributed by atoms with E-state index in [1.807, 2.05) is 27.7 Å². The van der Waals surface area contributed by atoms with Crippen molar-refractivity contribution in [2.45, 2.75) is 76.7 Å². The molecule has 0 spiro atoms. The summed E-state index contributed by atoms with van der Waals surface area (Å²) >= 11 is 0. The van der Waals surface area contributed by atoms with Crippen LogP contribution in [0.4, 0.5) is 0 Å². The van der Waals surface area contributed by atoms with Gasteiger partial charge in [-0.1, -0.05) is 20.8 Å². The van der Waals surface area contributed by atoms with Gasteiger partial charge in [0.1, 0.15) is 17.8 Å². The van der Waals surface area contributed by atoms with Crippen molar-refractivity contribution in [2.24, 2.45) is 17.3 Å². The summed E-state index contributed by atoms with van der Waals surface area (Å²) in [6, 6.07) is 0. The number of carbonyl (C=O) groups is 1. The predicted octanol–water partition coefficient (Wildman–Crippen LogP) is 2.44. The normalized spacial score (nSPS) is 53.4. The molecule has 4 aliphatic heterocycles. The van der Waals surface area contributed by atoms with E-state index in [1.54, 1.807) is 0 Å². The van der Waals surface area contributed by atoms with Gasteiger partial charge in [0.2, 0.25) is 0 Å². The number of hydrogen-bond donors (Lipinski definition) is 1. The molecule has 3 saturated heterocycles. The molecular formula is C20H28O7. The molecule has 27 heavy (non-hydrogen) atoms. The molecule has 1 aliphatic carbocycles. The minimum absolute atomic E-state index is 0.0235. The minimum Gasteiger partial charge on any atom is -0.458 e. The first-order valence-corrected chi connectivity index (χ1v) is 9.84. The van der Waals surface area contributed by atoms with Crippen molar-refractivity contribution in [3.05, 3.63) is 11.1 Å². The molecule has 3 fully saturated rings. The molecule has 0 bridgehead atoms. The molecule has 1 unspecified atom stereocenters. The van der Waals surface area contributed by atoms with Gasteiger partial charge in [0.05, 0.1) is 6.61 Å².